The standard InChI is InChI=1S/C29H24F3N3O5/c1-16-33-21-7-3-4-8-22(21)34(16)23-9-5-6-20-24(15-40-27(20)23)35(28(37)29(30,31)32)18-10-11-19-17(12-26(36)38-2)14-39-25(19)13-18/h3-11,13,17,24H,12,14-15H2,1-2H3/t17-,24+/m1/s1. The second kappa shape index (κ2) is 9.58. The van der Waals surface area contributed by atoms with Gasteiger partial charge in [-0.15, -0.1) is 0 Å². The van der Waals surface area contributed by atoms with Gasteiger partial charge in [0.05, 0.1) is 42.9 Å². The fourth-order valence-electron chi connectivity index (χ4n) is 5.50. The number of methoxy groups -OCH3 is 1. The molecule has 0 unspecified atom stereocenters. The molecule has 11 heteroatoms. The van der Waals surface area contributed by atoms with Gasteiger partial charge in [0, 0.05) is 28.8 Å². The summed E-state index contributed by atoms with van der Waals surface area (Å²) in [5.74, 6) is -1.35. The highest BCUT2D eigenvalue weighted by atomic mass is 19.4. The summed E-state index contributed by atoms with van der Waals surface area (Å²) < 4.78 is 60.1. The van der Waals surface area contributed by atoms with Crippen molar-refractivity contribution in [1.82, 2.24) is 9.55 Å². The van der Waals surface area contributed by atoms with E-state index in [1.807, 2.05) is 41.8 Å². The Morgan fingerprint density at radius 1 is 1.05 bits per heavy atom. The normalized spacial score (nSPS) is 17.6. The van der Waals surface area contributed by atoms with Gasteiger partial charge in [-0.2, -0.15) is 13.2 Å². The maximum atomic E-state index is 13.9. The quantitative estimate of drug-likeness (QED) is 0.309. The number of fused-ring (bicyclic) bond motifs is 3. The Morgan fingerprint density at radius 2 is 1.85 bits per heavy atom. The molecule has 0 bridgehead atoms. The van der Waals surface area contributed by atoms with Gasteiger partial charge in [0.25, 0.3) is 0 Å². The first-order valence-corrected chi connectivity index (χ1v) is 12.6. The first-order chi connectivity index (χ1) is 19.2. The summed E-state index contributed by atoms with van der Waals surface area (Å²) in [5.41, 5.74) is 3.33. The summed E-state index contributed by atoms with van der Waals surface area (Å²) >= 11 is 0. The van der Waals surface area contributed by atoms with E-state index in [0.717, 1.165) is 11.0 Å². The number of carbonyl (C=O) groups is 2. The topological polar surface area (TPSA) is 82.9 Å². The van der Waals surface area contributed by atoms with Gasteiger partial charge in [0.1, 0.15) is 23.9 Å². The fraction of sp³-hybridized carbons (Fsp3) is 0.276. The van der Waals surface area contributed by atoms with Crippen molar-refractivity contribution in [3.8, 4) is 17.2 Å². The van der Waals surface area contributed by atoms with Crippen LogP contribution in [-0.4, -0.2) is 47.9 Å². The summed E-state index contributed by atoms with van der Waals surface area (Å²) in [6, 6.07) is 16.1. The largest absolute Gasteiger partial charge is 0.493 e. The third-order valence-electron chi connectivity index (χ3n) is 7.31. The van der Waals surface area contributed by atoms with Crippen molar-refractivity contribution in [2.75, 3.05) is 25.2 Å². The molecule has 0 spiro atoms. The van der Waals surface area contributed by atoms with E-state index >= 15 is 0 Å². The molecule has 0 fully saturated rings. The van der Waals surface area contributed by atoms with E-state index in [2.05, 4.69) is 4.98 Å². The number of hydrogen-bond acceptors (Lipinski definition) is 6. The minimum Gasteiger partial charge on any atom is -0.493 e. The Kier molecular flexibility index (Phi) is 6.16. The Hall–Kier alpha value is -4.54. The molecule has 1 amide bonds. The summed E-state index contributed by atoms with van der Waals surface area (Å²) in [4.78, 5) is 30.0. The number of anilines is 1. The van der Waals surface area contributed by atoms with Gasteiger partial charge in [-0.3, -0.25) is 19.1 Å². The molecule has 3 heterocycles. The highest BCUT2D eigenvalue weighted by molar-refractivity contribution is 5.98. The number of imidazole rings is 1. The van der Waals surface area contributed by atoms with E-state index in [4.69, 9.17) is 14.2 Å². The molecule has 6 rings (SSSR count). The molecule has 2 aliphatic heterocycles. The Morgan fingerprint density at radius 3 is 2.62 bits per heavy atom. The number of carbonyl (C=O) groups excluding carboxylic acids is 2. The minimum absolute atomic E-state index is 0.0101. The molecule has 0 N–H and O–H groups in total. The monoisotopic (exact) mass is 551 g/mol. The van der Waals surface area contributed by atoms with Crippen molar-refractivity contribution in [2.45, 2.75) is 31.5 Å². The lowest BCUT2D eigenvalue weighted by Gasteiger charge is -2.29. The molecule has 8 nitrogen and oxygen atoms in total. The van der Waals surface area contributed by atoms with Crippen molar-refractivity contribution in [3.05, 3.63) is 77.6 Å². The SMILES string of the molecule is COC(=O)C[C@@H]1COc2cc(N(C(=O)C(F)(F)F)[C@H]3COc4c3cccc4-n3c(C)nc4ccccc43)ccc21. The molecule has 40 heavy (non-hydrogen) atoms. The minimum atomic E-state index is -5.13. The molecule has 0 radical (unpaired) electrons. The van der Waals surface area contributed by atoms with Crippen molar-refractivity contribution >= 4 is 28.6 Å². The number of amides is 1. The molecule has 4 aromatic rings. The van der Waals surface area contributed by atoms with E-state index in [9.17, 15) is 22.8 Å². The number of para-hydroxylation sites is 3. The molecule has 2 atom stereocenters. The van der Waals surface area contributed by atoms with Crippen molar-refractivity contribution < 1.29 is 37.0 Å². The first kappa shape index (κ1) is 25.7. The first-order valence-electron chi connectivity index (χ1n) is 12.6. The highest BCUT2D eigenvalue weighted by Crippen LogP contribution is 2.46. The van der Waals surface area contributed by atoms with Crippen LogP contribution < -0.4 is 14.4 Å². The van der Waals surface area contributed by atoms with Crippen LogP contribution in [-0.2, 0) is 14.3 Å². The number of benzene rings is 3. The second-order valence-corrected chi connectivity index (χ2v) is 9.69. The number of rotatable bonds is 5. The molecule has 0 saturated heterocycles. The average molecular weight is 552 g/mol. The van der Waals surface area contributed by atoms with Crippen LogP contribution in [0.25, 0.3) is 16.7 Å². The van der Waals surface area contributed by atoms with E-state index in [1.165, 1.54) is 19.2 Å². The van der Waals surface area contributed by atoms with Gasteiger partial charge >= 0.3 is 18.1 Å². The number of nitrogens with zero attached hydrogens (tertiary/aromatic N) is 3. The number of aryl methyl sites for hydroxylation is 1. The van der Waals surface area contributed by atoms with Crippen LogP contribution in [0, 0.1) is 6.92 Å². The van der Waals surface area contributed by atoms with Gasteiger partial charge in [0.2, 0.25) is 0 Å². The second-order valence-electron chi connectivity index (χ2n) is 9.69. The predicted octanol–water partition coefficient (Wildman–Crippen LogP) is 5.40. The van der Waals surface area contributed by atoms with Crippen molar-refractivity contribution in [2.24, 2.45) is 0 Å². The van der Waals surface area contributed by atoms with Crippen molar-refractivity contribution in [1.29, 1.82) is 0 Å². The Balaban J connectivity index is 1.42. The number of alkyl halides is 3. The van der Waals surface area contributed by atoms with Crippen molar-refractivity contribution in [3.63, 3.8) is 0 Å². The van der Waals surface area contributed by atoms with Crippen LogP contribution in [0.3, 0.4) is 0 Å². The van der Waals surface area contributed by atoms with Crippen LogP contribution in [0.1, 0.15) is 35.3 Å². The van der Waals surface area contributed by atoms with Crippen LogP contribution in [0.4, 0.5) is 18.9 Å². The molecule has 1 aromatic heterocycles. The fourth-order valence-corrected chi connectivity index (χ4v) is 5.50. The average Bonchev–Trinajstić information content (AvgIpc) is 3.63. The molecule has 2 aliphatic rings. The lowest BCUT2D eigenvalue weighted by Crippen LogP contribution is -2.44. The van der Waals surface area contributed by atoms with Crippen LogP contribution in [0.5, 0.6) is 11.5 Å². The van der Waals surface area contributed by atoms with Gasteiger partial charge < -0.3 is 14.2 Å². The van der Waals surface area contributed by atoms with Crippen LogP contribution in [0.2, 0.25) is 0 Å². The maximum Gasteiger partial charge on any atom is 0.471 e. The molecule has 206 valence electrons. The zero-order valence-corrected chi connectivity index (χ0v) is 21.6. The smallest absolute Gasteiger partial charge is 0.471 e. The molecule has 3 aromatic carbocycles. The predicted molar refractivity (Wildman–Crippen MR) is 139 cm³/mol. The summed E-state index contributed by atoms with van der Waals surface area (Å²) in [6.07, 6.45) is -5.06. The van der Waals surface area contributed by atoms with Gasteiger partial charge in [-0.1, -0.05) is 30.3 Å². The number of aromatic nitrogens is 2. The highest BCUT2D eigenvalue weighted by Gasteiger charge is 2.48. The van der Waals surface area contributed by atoms with Crippen LogP contribution >= 0.6 is 0 Å². The summed E-state index contributed by atoms with van der Waals surface area (Å²) in [5, 5.41) is 0. The van der Waals surface area contributed by atoms with E-state index in [-0.39, 0.29) is 31.2 Å². The maximum absolute atomic E-state index is 13.9. The molecular formula is C29H24F3N3O5. The summed E-state index contributed by atoms with van der Waals surface area (Å²) in [6.45, 7) is 1.84. The lowest BCUT2D eigenvalue weighted by molar-refractivity contribution is -0.171. The number of hydrogen-bond donors (Lipinski definition) is 0. The van der Waals surface area contributed by atoms with Gasteiger partial charge in [-0.25, -0.2) is 4.98 Å². The van der Waals surface area contributed by atoms with Gasteiger partial charge in [-0.05, 0) is 31.2 Å². The molecule has 0 aliphatic carbocycles. The van der Waals surface area contributed by atoms with E-state index in [1.54, 1.807) is 18.2 Å². The molecular weight excluding hydrogens is 527 g/mol. The van der Waals surface area contributed by atoms with Crippen LogP contribution in [0.15, 0.2) is 60.7 Å². The zero-order valence-electron chi connectivity index (χ0n) is 21.6. The molecule has 0 saturated carbocycles. The van der Waals surface area contributed by atoms with E-state index in [0.29, 0.717) is 39.0 Å². The number of ether oxygens (including phenoxy) is 3. The van der Waals surface area contributed by atoms with Gasteiger partial charge in [0.15, 0.2) is 0 Å². The van der Waals surface area contributed by atoms with E-state index < -0.39 is 24.1 Å². The third kappa shape index (κ3) is 4.21. The zero-order chi connectivity index (χ0) is 28.2. The number of esters is 1. The Labute approximate surface area is 226 Å². The Bertz CT molecular complexity index is 1650. The lowest BCUT2D eigenvalue weighted by atomic mass is 9.97. The number of halogens is 3. The summed E-state index contributed by atoms with van der Waals surface area (Å²) in [7, 11) is 1.28. The third-order valence-corrected chi connectivity index (χ3v) is 7.31.